The number of benzene rings is 1. The van der Waals surface area contributed by atoms with Crippen LogP contribution in [0.2, 0.25) is 0 Å². The van der Waals surface area contributed by atoms with Gasteiger partial charge < -0.3 is 24.4 Å². The normalized spacial score (nSPS) is 12.7. The van der Waals surface area contributed by atoms with Crippen molar-refractivity contribution < 1.29 is 95.0 Å². The predicted octanol–water partition coefficient (Wildman–Crippen LogP) is -6.44. The third-order valence-corrected chi connectivity index (χ3v) is 4.49. The Balaban J connectivity index is 0. The number of anilines is 1. The van der Waals surface area contributed by atoms with Crippen molar-refractivity contribution in [3.8, 4) is 0 Å². The van der Waals surface area contributed by atoms with Crippen molar-refractivity contribution in [2.75, 3.05) is 19.2 Å². The van der Waals surface area contributed by atoms with E-state index in [4.69, 9.17) is 5.21 Å². The fraction of sp³-hybridized carbons (Fsp3) is 0.400. The Morgan fingerprint density at radius 3 is 2.00 bits per heavy atom. The SMILES string of the molecule is COCNc1cc(S(=O)(=O)[O-])c(C(C)NO)cc1S(=O)(=O)[O-].[Na+].[Na+]. The standard InChI is InChI=1S/C10H16N2O8S2.2Na/c1-6(12-13)7-3-10(22(17,18)19)8(11-5-20-2)4-9(7)21(14,15)16;;/h3-4,6,11-13H,5H2,1-2H3,(H,14,15,16)(H,17,18,19);;/q;2*+1/p-2. The van der Waals surface area contributed by atoms with Gasteiger partial charge in [0.25, 0.3) is 0 Å². The van der Waals surface area contributed by atoms with Gasteiger partial charge in [-0.05, 0) is 24.6 Å². The van der Waals surface area contributed by atoms with Crippen LogP contribution in [0, 0.1) is 0 Å². The van der Waals surface area contributed by atoms with Gasteiger partial charge in [-0.25, -0.2) is 16.8 Å². The molecule has 0 aliphatic rings. The van der Waals surface area contributed by atoms with Crippen LogP contribution in [0.3, 0.4) is 0 Å². The molecule has 10 nitrogen and oxygen atoms in total. The summed E-state index contributed by atoms with van der Waals surface area (Å²) in [4.78, 5) is -1.54. The summed E-state index contributed by atoms with van der Waals surface area (Å²) < 4.78 is 72.5. The minimum Gasteiger partial charge on any atom is -0.744 e. The van der Waals surface area contributed by atoms with Crippen LogP contribution in [0.4, 0.5) is 5.69 Å². The summed E-state index contributed by atoms with van der Waals surface area (Å²) in [7, 11) is -8.67. The fourth-order valence-corrected chi connectivity index (χ4v) is 3.15. The first-order valence-electron chi connectivity index (χ1n) is 5.74. The smallest absolute Gasteiger partial charge is 0.744 e. The summed E-state index contributed by atoms with van der Waals surface area (Å²) in [5.74, 6) is 0. The molecule has 0 aromatic heterocycles. The molecule has 3 N–H and O–H groups in total. The molecule has 1 aromatic rings. The van der Waals surface area contributed by atoms with Gasteiger partial charge in [0.2, 0.25) is 0 Å². The summed E-state index contributed by atoms with van der Waals surface area (Å²) >= 11 is 0. The van der Waals surface area contributed by atoms with Crippen molar-refractivity contribution >= 4 is 25.9 Å². The van der Waals surface area contributed by atoms with Crippen LogP contribution in [0.1, 0.15) is 18.5 Å². The number of methoxy groups -OCH3 is 1. The maximum atomic E-state index is 11.3. The van der Waals surface area contributed by atoms with Gasteiger partial charge in [-0.1, -0.05) is 0 Å². The van der Waals surface area contributed by atoms with Crippen molar-refractivity contribution in [2.24, 2.45) is 0 Å². The quantitative estimate of drug-likeness (QED) is 0.173. The molecule has 0 aliphatic heterocycles. The zero-order valence-electron chi connectivity index (χ0n) is 13.6. The van der Waals surface area contributed by atoms with Gasteiger partial charge in [-0.2, -0.15) is 5.48 Å². The van der Waals surface area contributed by atoms with E-state index in [0.717, 1.165) is 12.1 Å². The second kappa shape index (κ2) is 10.8. The van der Waals surface area contributed by atoms with Crippen molar-refractivity contribution in [1.29, 1.82) is 0 Å². The maximum absolute atomic E-state index is 11.3. The first-order chi connectivity index (χ1) is 10.0. The zero-order valence-corrected chi connectivity index (χ0v) is 19.2. The number of hydrogen-bond acceptors (Lipinski definition) is 10. The zero-order chi connectivity index (χ0) is 17.1. The number of hydroxylamine groups is 1. The number of rotatable bonds is 7. The van der Waals surface area contributed by atoms with Gasteiger partial charge in [-0.15, -0.1) is 0 Å². The summed E-state index contributed by atoms with van der Waals surface area (Å²) in [6, 6.07) is 0.338. The molecule has 1 unspecified atom stereocenters. The molecule has 0 saturated carbocycles. The summed E-state index contributed by atoms with van der Waals surface area (Å²) in [6.07, 6.45) is 0. The fourth-order valence-electron chi connectivity index (χ4n) is 1.70. The molecule has 1 aromatic carbocycles. The van der Waals surface area contributed by atoms with Crippen LogP contribution in [0.5, 0.6) is 0 Å². The molecule has 0 saturated heterocycles. The number of hydrogen-bond donors (Lipinski definition) is 3. The Labute approximate surface area is 184 Å². The first-order valence-corrected chi connectivity index (χ1v) is 8.56. The predicted molar refractivity (Wildman–Crippen MR) is 71.2 cm³/mol. The Morgan fingerprint density at radius 2 is 1.62 bits per heavy atom. The van der Waals surface area contributed by atoms with Crippen LogP contribution in [0.25, 0.3) is 0 Å². The Morgan fingerprint density at radius 1 is 1.12 bits per heavy atom. The second-order valence-electron chi connectivity index (χ2n) is 4.26. The molecule has 0 spiro atoms. The second-order valence-corrected chi connectivity index (χ2v) is 6.95. The van der Waals surface area contributed by atoms with E-state index in [1.54, 1.807) is 5.48 Å². The van der Waals surface area contributed by atoms with Crippen LogP contribution in [0.15, 0.2) is 21.9 Å². The van der Waals surface area contributed by atoms with Crippen molar-refractivity contribution in [2.45, 2.75) is 22.8 Å². The molecule has 0 aliphatic carbocycles. The first kappa shape index (κ1) is 26.9. The van der Waals surface area contributed by atoms with Crippen LogP contribution in [-0.4, -0.2) is 45.0 Å². The molecular formula is C10H14N2Na2O8S2. The molecular weight excluding hydrogens is 386 g/mol. The minimum absolute atomic E-state index is 0. The minimum atomic E-state index is -4.98. The van der Waals surface area contributed by atoms with Gasteiger partial charge in [-0.3, -0.25) is 0 Å². The average Bonchev–Trinajstić information content (AvgIpc) is 2.41. The molecule has 0 radical (unpaired) electrons. The topological polar surface area (TPSA) is 168 Å². The maximum Gasteiger partial charge on any atom is 1.00 e. The van der Waals surface area contributed by atoms with E-state index in [-0.39, 0.29) is 77.1 Å². The van der Waals surface area contributed by atoms with Crippen LogP contribution >= 0.6 is 0 Å². The van der Waals surface area contributed by atoms with E-state index in [1.807, 2.05) is 0 Å². The molecule has 0 fully saturated rings. The Hall–Kier alpha value is 0.720. The Kier molecular flexibility index (Phi) is 12.1. The van der Waals surface area contributed by atoms with E-state index in [0.29, 0.717) is 0 Å². The molecule has 1 atom stereocenters. The monoisotopic (exact) mass is 400 g/mol. The summed E-state index contributed by atoms with van der Waals surface area (Å²) in [6.45, 7) is 1.04. The van der Waals surface area contributed by atoms with E-state index in [9.17, 15) is 25.9 Å². The van der Waals surface area contributed by atoms with E-state index < -0.39 is 36.1 Å². The van der Waals surface area contributed by atoms with E-state index in [1.165, 1.54) is 14.0 Å². The molecule has 24 heavy (non-hydrogen) atoms. The number of nitrogens with one attached hydrogen (secondary N) is 2. The van der Waals surface area contributed by atoms with Crippen molar-refractivity contribution in [3.05, 3.63) is 17.7 Å². The van der Waals surface area contributed by atoms with Gasteiger partial charge in [0.1, 0.15) is 27.0 Å². The van der Waals surface area contributed by atoms with Gasteiger partial charge in [0.05, 0.1) is 21.5 Å². The molecule has 0 heterocycles. The summed E-state index contributed by atoms with van der Waals surface area (Å²) in [5, 5.41) is 11.3. The Bertz CT molecular complexity index is 754. The third kappa shape index (κ3) is 7.15. The number of ether oxygens (including phenoxy) is 1. The van der Waals surface area contributed by atoms with E-state index in [2.05, 4.69) is 10.1 Å². The molecule has 14 heteroatoms. The van der Waals surface area contributed by atoms with Gasteiger partial charge in [0.15, 0.2) is 0 Å². The van der Waals surface area contributed by atoms with Crippen molar-refractivity contribution in [3.63, 3.8) is 0 Å². The molecule has 0 amide bonds. The molecule has 1 rings (SSSR count). The largest absolute Gasteiger partial charge is 1.00 e. The molecule has 0 bridgehead atoms. The van der Waals surface area contributed by atoms with E-state index >= 15 is 0 Å². The van der Waals surface area contributed by atoms with Gasteiger partial charge in [0, 0.05) is 7.11 Å². The molecule has 126 valence electrons. The van der Waals surface area contributed by atoms with Crippen molar-refractivity contribution in [1.82, 2.24) is 5.48 Å². The van der Waals surface area contributed by atoms with Gasteiger partial charge >= 0.3 is 59.1 Å². The van der Waals surface area contributed by atoms with Crippen LogP contribution < -0.4 is 69.9 Å². The van der Waals surface area contributed by atoms with Crippen LogP contribution in [-0.2, 0) is 25.0 Å². The average molecular weight is 400 g/mol. The third-order valence-electron chi connectivity index (χ3n) is 2.72. The summed E-state index contributed by atoms with van der Waals surface area (Å²) in [5.41, 5.74) is 0.949.